The second-order valence-corrected chi connectivity index (χ2v) is 7.00. The maximum Gasteiger partial charge on any atom is 0.314 e. The van der Waals surface area contributed by atoms with Crippen molar-refractivity contribution in [1.82, 2.24) is 10.6 Å². The second-order valence-electron chi connectivity index (χ2n) is 7.00. The molecule has 0 saturated carbocycles. The van der Waals surface area contributed by atoms with Crippen LogP contribution in [0.5, 0.6) is 0 Å². The predicted molar refractivity (Wildman–Crippen MR) is 95.6 cm³/mol. The van der Waals surface area contributed by atoms with Crippen molar-refractivity contribution in [3.8, 4) is 0 Å². The van der Waals surface area contributed by atoms with Gasteiger partial charge in [-0.2, -0.15) is 0 Å². The van der Waals surface area contributed by atoms with Crippen molar-refractivity contribution >= 4 is 6.03 Å². The van der Waals surface area contributed by atoms with E-state index in [9.17, 15) is 4.79 Å². The van der Waals surface area contributed by atoms with E-state index < -0.39 is 0 Å². The first-order valence-electron chi connectivity index (χ1n) is 8.07. The minimum absolute atomic E-state index is 0.0790. The summed E-state index contributed by atoms with van der Waals surface area (Å²) < 4.78 is 0. The quantitative estimate of drug-likeness (QED) is 0.855. The normalized spacial score (nSPS) is 11.3. The van der Waals surface area contributed by atoms with Gasteiger partial charge in [0.15, 0.2) is 0 Å². The molecule has 0 radical (unpaired) electrons. The fraction of sp³-hybridized carbons (Fsp3) is 0.350. The monoisotopic (exact) mass is 310 g/mol. The fourth-order valence-corrected chi connectivity index (χ4v) is 2.40. The highest BCUT2D eigenvalue weighted by Crippen LogP contribution is 2.23. The Bertz CT molecular complexity index is 563. The average molecular weight is 310 g/mol. The lowest BCUT2D eigenvalue weighted by Crippen LogP contribution is -2.41. The molecular formula is C20H26N2O. The van der Waals surface area contributed by atoms with Gasteiger partial charge in [-0.25, -0.2) is 4.79 Å². The van der Waals surface area contributed by atoms with E-state index in [1.165, 1.54) is 11.1 Å². The lowest BCUT2D eigenvalue weighted by Gasteiger charge is -2.21. The van der Waals surface area contributed by atoms with Gasteiger partial charge in [0.25, 0.3) is 0 Å². The minimum atomic E-state index is -0.114. The SMILES string of the molecule is CC(C)(C)CNC(=O)NCC(c1ccccc1)c1ccccc1. The van der Waals surface area contributed by atoms with Gasteiger partial charge in [-0.15, -0.1) is 0 Å². The molecule has 2 rings (SSSR count). The smallest absolute Gasteiger partial charge is 0.314 e. The highest BCUT2D eigenvalue weighted by atomic mass is 16.2. The Labute approximate surface area is 139 Å². The number of rotatable bonds is 5. The van der Waals surface area contributed by atoms with Crippen LogP contribution in [0.4, 0.5) is 4.79 Å². The van der Waals surface area contributed by atoms with E-state index in [2.05, 4.69) is 55.7 Å². The summed E-state index contributed by atoms with van der Waals surface area (Å²) in [4.78, 5) is 12.0. The Hall–Kier alpha value is -2.29. The largest absolute Gasteiger partial charge is 0.338 e. The van der Waals surface area contributed by atoms with E-state index in [1.54, 1.807) is 0 Å². The first-order chi connectivity index (χ1) is 11.0. The Kier molecular flexibility index (Phi) is 5.80. The molecule has 0 aliphatic carbocycles. The number of carbonyl (C=O) groups excluding carboxylic acids is 1. The molecule has 0 aromatic heterocycles. The van der Waals surface area contributed by atoms with E-state index in [0.29, 0.717) is 13.1 Å². The molecule has 0 aliphatic rings. The Morgan fingerprint density at radius 3 is 1.78 bits per heavy atom. The first-order valence-corrected chi connectivity index (χ1v) is 8.07. The van der Waals surface area contributed by atoms with Crippen LogP contribution in [0.3, 0.4) is 0 Å². The minimum Gasteiger partial charge on any atom is -0.338 e. The summed E-state index contributed by atoms with van der Waals surface area (Å²) in [6, 6.07) is 20.4. The van der Waals surface area contributed by atoms with Crippen LogP contribution in [0, 0.1) is 5.41 Å². The van der Waals surface area contributed by atoms with Gasteiger partial charge >= 0.3 is 6.03 Å². The van der Waals surface area contributed by atoms with Crippen LogP contribution in [-0.2, 0) is 0 Å². The molecule has 0 spiro atoms. The lowest BCUT2D eigenvalue weighted by molar-refractivity contribution is 0.235. The molecule has 0 heterocycles. The number of nitrogens with one attached hydrogen (secondary N) is 2. The average Bonchev–Trinajstić information content (AvgIpc) is 2.54. The lowest BCUT2D eigenvalue weighted by atomic mass is 9.91. The van der Waals surface area contributed by atoms with E-state index in [4.69, 9.17) is 0 Å². The van der Waals surface area contributed by atoms with Gasteiger partial charge in [0.2, 0.25) is 0 Å². The van der Waals surface area contributed by atoms with Crippen LogP contribution >= 0.6 is 0 Å². The molecule has 0 aliphatic heterocycles. The van der Waals surface area contributed by atoms with E-state index in [0.717, 1.165) is 0 Å². The van der Waals surface area contributed by atoms with Crippen LogP contribution in [0.1, 0.15) is 37.8 Å². The number of hydrogen-bond donors (Lipinski definition) is 2. The zero-order chi connectivity index (χ0) is 16.7. The van der Waals surface area contributed by atoms with Crippen molar-refractivity contribution in [2.24, 2.45) is 5.41 Å². The maximum absolute atomic E-state index is 12.0. The first kappa shape index (κ1) is 17.1. The molecule has 2 amide bonds. The standard InChI is InChI=1S/C20H26N2O/c1-20(2,3)15-22-19(23)21-14-18(16-10-6-4-7-11-16)17-12-8-5-9-13-17/h4-13,18H,14-15H2,1-3H3,(H2,21,22,23). The number of benzene rings is 2. The third-order valence-corrected chi connectivity index (χ3v) is 3.65. The van der Waals surface area contributed by atoms with Crippen molar-refractivity contribution in [2.75, 3.05) is 13.1 Å². The molecule has 3 nitrogen and oxygen atoms in total. The summed E-state index contributed by atoms with van der Waals surface area (Å²) in [5, 5.41) is 5.93. The van der Waals surface area contributed by atoms with E-state index in [1.807, 2.05) is 36.4 Å². The van der Waals surface area contributed by atoms with Gasteiger partial charge < -0.3 is 10.6 Å². The molecule has 2 aromatic carbocycles. The van der Waals surface area contributed by atoms with Crippen LogP contribution in [0.2, 0.25) is 0 Å². The third-order valence-electron chi connectivity index (χ3n) is 3.65. The molecule has 0 saturated heterocycles. The predicted octanol–water partition coefficient (Wildman–Crippen LogP) is 4.16. The molecule has 2 N–H and O–H groups in total. The molecule has 0 fully saturated rings. The molecular weight excluding hydrogens is 284 g/mol. The molecule has 2 aromatic rings. The second kappa shape index (κ2) is 7.82. The third kappa shape index (κ3) is 5.78. The van der Waals surface area contributed by atoms with Crippen LogP contribution < -0.4 is 10.6 Å². The van der Waals surface area contributed by atoms with Gasteiger partial charge in [-0.05, 0) is 16.5 Å². The van der Waals surface area contributed by atoms with Crippen molar-refractivity contribution < 1.29 is 4.79 Å². The van der Waals surface area contributed by atoms with E-state index >= 15 is 0 Å². The van der Waals surface area contributed by atoms with Gasteiger partial charge in [-0.1, -0.05) is 81.4 Å². The Morgan fingerprint density at radius 2 is 1.35 bits per heavy atom. The Morgan fingerprint density at radius 1 is 0.870 bits per heavy atom. The zero-order valence-corrected chi connectivity index (χ0v) is 14.2. The summed E-state index contributed by atoms with van der Waals surface area (Å²) in [7, 11) is 0. The van der Waals surface area contributed by atoms with Gasteiger partial charge in [-0.3, -0.25) is 0 Å². The van der Waals surface area contributed by atoms with Crippen molar-refractivity contribution in [1.29, 1.82) is 0 Å². The summed E-state index contributed by atoms with van der Waals surface area (Å²) >= 11 is 0. The van der Waals surface area contributed by atoms with Crippen molar-refractivity contribution in [3.05, 3.63) is 71.8 Å². The van der Waals surface area contributed by atoms with Crippen LogP contribution in [0.15, 0.2) is 60.7 Å². The van der Waals surface area contributed by atoms with Crippen LogP contribution in [-0.4, -0.2) is 19.1 Å². The highest BCUT2D eigenvalue weighted by Gasteiger charge is 2.16. The number of hydrogen-bond acceptors (Lipinski definition) is 1. The summed E-state index contributed by atoms with van der Waals surface area (Å²) in [5.74, 6) is 0.151. The van der Waals surface area contributed by atoms with Crippen LogP contribution in [0.25, 0.3) is 0 Å². The van der Waals surface area contributed by atoms with Crippen molar-refractivity contribution in [2.45, 2.75) is 26.7 Å². The summed E-state index contributed by atoms with van der Waals surface area (Å²) in [6.45, 7) is 7.53. The van der Waals surface area contributed by atoms with Gasteiger partial charge in [0, 0.05) is 19.0 Å². The molecule has 0 unspecified atom stereocenters. The highest BCUT2D eigenvalue weighted by molar-refractivity contribution is 5.74. The molecule has 3 heteroatoms. The Balaban J connectivity index is 2.03. The fourth-order valence-electron chi connectivity index (χ4n) is 2.40. The molecule has 122 valence electrons. The maximum atomic E-state index is 12.0. The topological polar surface area (TPSA) is 41.1 Å². The van der Waals surface area contributed by atoms with Gasteiger partial charge in [0.05, 0.1) is 0 Å². The number of urea groups is 1. The molecule has 23 heavy (non-hydrogen) atoms. The van der Waals surface area contributed by atoms with Crippen molar-refractivity contribution in [3.63, 3.8) is 0 Å². The number of carbonyl (C=O) groups is 1. The molecule has 0 bridgehead atoms. The summed E-state index contributed by atoms with van der Waals surface area (Å²) in [5.41, 5.74) is 2.49. The van der Waals surface area contributed by atoms with E-state index in [-0.39, 0.29) is 17.4 Å². The number of amides is 2. The summed E-state index contributed by atoms with van der Waals surface area (Å²) in [6.07, 6.45) is 0. The molecule has 0 atom stereocenters. The zero-order valence-electron chi connectivity index (χ0n) is 14.2. The van der Waals surface area contributed by atoms with Gasteiger partial charge in [0.1, 0.15) is 0 Å².